The predicted octanol–water partition coefficient (Wildman–Crippen LogP) is 4.05. The minimum atomic E-state index is -1.08. The molecule has 1 saturated carbocycles. The first-order chi connectivity index (χ1) is 15.5. The minimum absolute atomic E-state index is 0.221. The zero-order valence-corrected chi connectivity index (χ0v) is 18.1. The van der Waals surface area contributed by atoms with Crippen LogP contribution in [-0.2, 0) is 5.60 Å². The third-order valence-corrected chi connectivity index (χ3v) is 7.30. The topological polar surface area (TPSA) is 88.5 Å². The van der Waals surface area contributed by atoms with Gasteiger partial charge in [0.2, 0.25) is 0 Å². The molecular weight excluding hydrogens is 398 g/mol. The molecule has 4 aromatic rings. The largest absolute Gasteiger partial charge is 0.382 e. The summed E-state index contributed by atoms with van der Waals surface area (Å²) in [4.78, 5) is 9.39. The first-order valence-electron chi connectivity index (χ1n) is 11.2. The van der Waals surface area contributed by atoms with Crippen molar-refractivity contribution < 1.29 is 5.11 Å². The van der Waals surface area contributed by atoms with Gasteiger partial charge in [-0.2, -0.15) is 0 Å². The van der Waals surface area contributed by atoms with Crippen LogP contribution in [0.3, 0.4) is 0 Å². The molecule has 2 fully saturated rings. The fourth-order valence-corrected chi connectivity index (χ4v) is 5.07. The van der Waals surface area contributed by atoms with E-state index in [0.717, 1.165) is 46.7 Å². The van der Waals surface area contributed by atoms with Gasteiger partial charge in [-0.25, -0.2) is 9.97 Å². The summed E-state index contributed by atoms with van der Waals surface area (Å²) >= 11 is 0. The van der Waals surface area contributed by atoms with Crippen molar-refractivity contribution in [3.05, 3.63) is 83.9 Å². The van der Waals surface area contributed by atoms with Gasteiger partial charge in [0.15, 0.2) is 0 Å². The Hall–Kier alpha value is -3.22. The number of hydrogen-bond donors (Lipinski definition) is 3. The molecule has 1 spiro atoms. The molecule has 2 aliphatic rings. The maximum atomic E-state index is 11.2. The maximum Gasteiger partial charge on any atom is 0.150 e. The van der Waals surface area contributed by atoms with Crippen LogP contribution < -0.4 is 11.1 Å². The van der Waals surface area contributed by atoms with Crippen molar-refractivity contribution in [3.8, 4) is 11.3 Å². The van der Waals surface area contributed by atoms with Gasteiger partial charge in [-0.1, -0.05) is 54.6 Å². The highest BCUT2D eigenvalue weighted by atomic mass is 16.3. The summed E-state index contributed by atoms with van der Waals surface area (Å²) in [6, 6.07) is 17.9. The van der Waals surface area contributed by atoms with E-state index in [2.05, 4.69) is 14.7 Å². The number of imidazole rings is 1. The molecule has 6 rings (SSSR count). The number of aliphatic hydroxyl groups is 1. The molecule has 6 nitrogen and oxygen atoms in total. The quantitative estimate of drug-likeness (QED) is 0.459. The fraction of sp³-hybridized carbons (Fsp3) is 0.308. The monoisotopic (exact) mass is 425 g/mol. The Balaban J connectivity index is 1.41. The highest BCUT2D eigenvalue weighted by Crippen LogP contribution is 2.55. The average Bonchev–Trinajstić information content (AvgIpc) is 3.26. The van der Waals surface area contributed by atoms with Crippen LogP contribution in [0.5, 0.6) is 0 Å². The normalized spacial score (nSPS) is 21.1. The molecule has 1 aliphatic heterocycles. The molecule has 32 heavy (non-hydrogen) atoms. The number of hydrogen-bond acceptors (Lipinski definition) is 5. The molecule has 6 heteroatoms. The standard InChI is InChI=1S/C26H27N5O/c1-25(32,18-5-3-2-4-6-18)19-9-7-17(8-10-19)21-22-23(27)28-13-14-31(22)24(30-21)20-15-26(11-12-26)16-29-20/h2-10,13-14,20,29,32H,11-12,15-16H2,1H3,(H2,27,28). The molecule has 0 amide bonds. The van der Waals surface area contributed by atoms with Crippen LogP contribution in [0.25, 0.3) is 16.8 Å². The van der Waals surface area contributed by atoms with E-state index in [1.807, 2.05) is 67.7 Å². The summed E-state index contributed by atoms with van der Waals surface area (Å²) in [6.45, 7) is 2.88. The maximum absolute atomic E-state index is 11.2. The number of aromatic nitrogens is 3. The number of rotatable bonds is 4. The van der Waals surface area contributed by atoms with Crippen molar-refractivity contribution in [3.63, 3.8) is 0 Å². The van der Waals surface area contributed by atoms with Crippen molar-refractivity contribution >= 4 is 11.3 Å². The van der Waals surface area contributed by atoms with Gasteiger partial charge in [0.05, 0.1) is 6.04 Å². The van der Waals surface area contributed by atoms with Gasteiger partial charge < -0.3 is 16.2 Å². The highest BCUT2D eigenvalue weighted by Gasteiger charge is 2.49. The number of nitrogens with two attached hydrogens (primary N) is 1. The molecule has 2 aromatic carbocycles. The Kier molecular flexibility index (Phi) is 4.19. The van der Waals surface area contributed by atoms with E-state index in [0.29, 0.717) is 11.2 Å². The zero-order chi connectivity index (χ0) is 21.9. The Labute approximate surface area is 187 Å². The summed E-state index contributed by atoms with van der Waals surface area (Å²) < 4.78 is 2.09. The van der Waals surface area contributed by atoms with E-state index in [9.17, 15) is 5.11 Å². The molecule has 2 unspecified atom stereocenters. The zero-order valence-electron chi connectivity index (χ0n) is 18.1. The SMILES string of the molecule is CC(O)(c1ccccc1)c1ccc(-c2nc(C3CC4(CC4)CN3)n3ccnc(N)c23)cc1. The van der Waals surface area contributed by atoms with E-state index >= 15 is 0 Å². The summed E-state index contributed by atoms with van der Waals surface area (Å²) in [6.07, 6.45) is 7.41. The number of benzene rings is 2. The molecule has 1 saturated heterocycles. The van der Waals surface area contributed by atoms with Crippen LogP contribution in [0.15, 0.2) is 67.0 Å². The molecule has 162 valence electrons. The Bertz CT molecular complexity index is 1290. The number of anilines is 1. The first kappa shape index (κ1) is 19.5. The lowest BCUT2D eigenvalue weighted by atomic mass is 9.87. The second kappa shape index (κ2) is 6.89. The third-order valence-electron chi connectivity index (χ3n) is 7.30. The predicted molar refractivity (Wildman–Crippen MR) is 125 cm³/mol. The van der Waals surface area contributed by atoms with Gasteiger partial charge in [-0.15, -0.1) is 0 Å². The average molecular weight is 426 g/mol. The lowest BCUT2D eigenvalue weighted by molar-refractivity contribution is 0.102. The molecule has 3 heterocycles. The third kappa shape index (κ3) is 3.02. The minimum Gasteiger partial charge on any atom is -0.382 e. The second-order valence-electron chi connectivity index (χ2n) is 9.50. The van der Waals surface area contributed by atoms with Gasteiger partial charge in [-0.05, 0) is 42.7 Å². The van der Waals surface area contributed by atoms with Crippen LogP contribution in [0, 0.1) is 5.41 Å². The molecule has 4 N–H and O–H groups in total. The number of nitrogen functional groups attached to an aromatic ring is 1. The number of fused-ring (bicyclic) bond motifs is 1. The van der Waals surface area contributed by atoms with E-state index in [4.69, 9.17) is 10.7 Å². The van der Waals surface area contributed by atoms with Gasteiger partial charge in [0.1, 0.15) is 28.5 Å². The van der Waals surface area contributed by atoms with Crippen LogP contribution in [0.4, 0.5) is 5.82 Å². The van der Waals surface area contributed by atoms with Gasteiger partial charge in [0.25, 0.3) is 0 Å². The number of nitrogens with zero attached hydrogens (tertiary/aromatic N) is 3. The van der Waals surface area contributed by atoms with Gasteiger partial charge >= 0.3 is 0 Å². The highest BCUT2D eigenvalue weighted by molar-refractivity contribution is 5.85. The van der Waals surface area contributed by atoms with Crippen molar-refractivity contribution in [1.82, 2.24) is 19.7 Å². The van der Waals surface area contributed by atoms with Crippen molar-refractivity contribution in [2.75, 3.05) is 12.3 Å². The molecule has 0 bridgehead atoms. The number of nitrogens with one attached hydrogen (secondary N) is 1. The van der Waals surface area contributed by atoms with Crippen molar-refractivity contribution in [2.24, 2.45) is 5.41 Å². The Morgan fingerprint density at radius 1 is 1.09 bits per heavy atom. The summed E-state index contributed by atoms with van der Waals surface area (Å²) in [7, 11) is 0. The van der Waals surface area contributed by atoms with E-state index < -0.39 is 5.60 Å². The van der Waals surface area contributed by atoms with Gasteiger partial charge in [-0.3, -0.25) is 4.40 Å². The molecule has 0 radical (unpaired) electrons. The second-order valence-corrected chi connectivity index (χ2v) is 9.50. The molecule has 1 aliphatic carbocycles. The van der Waals surface area contributed by atoms with Crippen LogP contribution in [-0.4, -0.2) is 26.0 Å². The smallest absolute Gasteiger partial charge is 0.150 e. The Morgan fingerprint density at radius 3 is 2.50 bits per heavy atom. The van der Waals surface area contributed by atoms with E-state index in [1.54, 1.807) is 6.20 Å². The Morgan fingerprint density at radius 2 is 1.81 bits per heavy atom. The lowest BCUT2D eigenvalue weighted by Gasteiger charge is -2.24. The van der Waals surface area contributed by atoms with Gasteiger partial charge in [0, 0.05) is 24.5 Å². The molecule has 2 aromatic heterocycles. The summed E-state index contributed by atoms with van der Waals surface area (Å²) in [5.41, 5.74) is 10.0. The lowest BCUT2D eigenvalue weighted by Crippen LogP contribution is -2.22. The summed E-state index contributed by atoms with van der Waals surface area (Å²) in [5.74, 6) is 1.47. The fourth-order valence-electron chi connectivity index (χ4n) is 5.07. The van der Waals surface area contributed by atoms with Crippen molar-refractivity contribution in [1.29, 1.82) is 0 Å². The van der Waals surface area contributed by atoms with Crippen molar-refractivity contribution in [2.45, 2.75) is 37.8 Å². The summed E-state index contributed by atoms with van der Waals surface area (Å²) in [5, 5.41) is 14.9. The van der Waals surface area contributed by atoms with Crippen LogP contribution in [0.1, 0.15) is 49.2 Å². The van der Waals surface area contributed by atoms with Crippen LogP contribution >= 0.6 is 0 Å². The van der Waals surface area contributed by atoms with E-state index in [1.165, 1.54) is 12.8 Å². The first-order valence-corrected chi connectivity index (χ1v) is 11.2. The van der Waals surface area contributed by atoms with Crippen LogP contribution in [0.2, 0.25) is 0 Å². The molecular formula is C26H27N5O. The molecule has 2 atom stereocenters. The van der Waals surface area contributed by atoms with E-state index in [-0.39, 0.29) is 6.04 Å².